The third-order valence-electron chi connectivity index (χ3n) is 5.05. The zero-order chi connectivity index (χ0) is 21.4. The van der Waals surface area contributed by atoms with Gasteiger partial charge in [-0.15, -0.1) is 0 Å². The first kappa shape index (κ1) is 21.8. The van der Waals surface area contributed by atoms with Gasteiger partial charge in [-0.05, 0) is 36.6 Å². The number of nitrogens with zero attached hydrogens (tertiary/aromatic N) is 1. The number of amides is 1. The van der Waals surface area contributed by atoms with Gasteiger partial charge >= 0.3 is 0 Å². The van der Waals surface area contributed by atoms with Gasteiger partial charge in [0.1, 0.15) is 0 Å². The molecule has 1 amide bonds. The summed E-state index contributed by atoms with van der Waals surface area (Å²) in [4.78, 5) is 15.0. The van der Waals surface area contributed by atoms with Crippen LogP contribution < -0.4 is 0 Å². The SMILES string of the molecule is Cc1ccc(S(=O)(=O)CCC(=O)N(CCc2ccccc2)Cc2ccccc2)cc1. The third-order valence-corrected chi connectivity index (χ3v) is 6.78. The number of hydrogen-bond acceptors (Lipinski definition) is 3. The minimum absolute atomic E-state index is 0.0299. The monoisotopic (exact) mass is 421 g/mol. The molecule has 0 saturated carbocycles. The molecule has 0 aliphatic rings. The molecular formula is C25H27NO3S. The Labute approximate surface area is 179 Å². The number of aryl methyl sites for hydroxylation is 1. The van der Waals surface area contributed by atoms with Gasteiger partial charge in [0, 0.05) is 19.5 Å². The molecule has 4 nitrogen and oxygen atoms in total. The summed E-state index contributed by atoms with van der Waals surface area (Å²) in [5.74, 6) is -0.337. The Balaban J connectivity index is 1.68. The highest BCUT2D eigenvalue weighted by atomic mass is 32.2. The standard InChI is InChI=1S/C25H27NO3S/c1-21-12-14-24(15-13-21)30(28,29)19-17-25(27)26(20-23-10-6-3-7-11-23)18-16-22-8-4-2-5-9-22/h2-15H,16-20H2,1H3. The molecule has 0 radical (unpaired) electrons. The van der Waals surface area contributed by atoms with Crippen molar-refractivity contribution >= 4 is 15.7 Å². The Bertz CT molecular complexity index is 1050. The highest BCUT2D eigenvalue weighted by molar-refractivity contribution is 7.91. The summed E-state index contributed by atoms with van der Waals surface area (Å²) in [6.07, 6.45) is 0.696. The van der Waals surface area contributed by atoms with E-state index in [2.05, 4.69) is 0 Å². The van der Waals surface area contributed by atoms with Crippen molar-refractivity contribution in [1.29, 1.82) is 0 Å². The summed E-state index contributed by atoms with van der Waals surface area (Å²) in [5.41, 5.74) is 3.18. The van der Waals surface area contributed by atoms with Crippen LogP contribution in [0.1, 0.15) is 23.1 Å². The maximum atomic E-state index is 13.0. The van der Waals surface area contributed by atoms with Crippen molar-refractivity contribution in [2.24, 2.45) is 0 Å². The van der Waals surface area contributed by atoms with Crippen LogP contribution in [0.3, 0.4) is 0 Å². The Hall–Kier alpha value is -2.92. The molecule has 156 valence electrons. The molecule has 0 aromatic heterocycles. The number of rotatable bonds is 9. The fraction of sp³-hybridized carbons (Fsp3) is 0.240. The average Bonchev–Trinajstić information content (AvgIpc) is 2.77. The normalized spacial score (nSPS) is 11.2. The van der Waals surface area contributed by atoms with Gasteiger partial charge in [0.25, 0.3) is 0 Å². The van der Waals surface area contributed by atoms with Crippen LogP contribution in [0.15, 0.2) is 89.8 Å². The van der Waals surface area contributed by atoms with E-state index in [0.29, 0.717) is 13.1 Å². The number of carbonyl (C=O) groups is 1. The number of hydrogen-bond donors (Lipinski definition) is 0. The highest BCUT2D eigenvalue weighted by Crippen LogP contribution is 2.15. The zero-order valence-corrected chi connectivity index (χ0v) is 18.0. The van der Waals surface area contributed by atoms with Crippen LogP contribution in [-0.2, 0) is 27.6 Å². The fourth-order valence-corrected chi connectivity index (χ4v) is 4.48. The van der Waals surface area contributed by atoms with Crippen LogP contribution in [0.25, 0.3) is 0 Å². The predicted octanol–water partition coefficient (Wildman–Crippen LogP) is 4.43. The van der Waals surface area contributed by atoms with Crippen molar-refractivity contribution in [1.82, 2.24) is 4.90 Å². The smallest absolute Gasteiger partial charge is 0.223 e. The molecule has 0 N–H and O–H groups in total. The van der Waals surface area contributed by atoms with E-state index in [-0.39, 0.29) is 23.0 Å². The second-order valence-corrected chi connectivity index (χ2v) is 9.53. The summed E-state index contributed by atoms with van der Waals surface area (Å²) in [6, 6.07) is 26.5. The van der Waals surface area contributed by atoms with Crippen molar-refractivity contribution in [3.05, 3.63) is 102 Å². The van der Waals surface area contributed by atoms with Gasteiger partial charge in [-0.2, -0.15) is 0 Å². The molecule has 0 aliphatic carbocycles. The Morgan fingerprint density at radius 1 is 0.800 bits per heavy atom. The lowest BCUT2D eigenvalue weighted by Gasteiger charge is -2.23. The van der Waals surface area contributed by atoms with E-state index >= 15 is 0 Å². The number of carbonyl (C=O) groups excluding carboxylic acids is 1. The Morgan fingerprint density at radius 2 is 1.37 bits per heavy atom. The van der Waals surface area contributed by atoms with Gasteiger partial charge in [-0.25, -0.2) is 8.42 Å². The molecule has 0 spiro atoms. The molecule has 30 heavy (non-hydrogen) atoms. The Kier molecular flexibility index (Phi) is 7.41. The first-order valence-corrected chi connectivity index (χ1v) is 11.7. The van der Waals surface area contributed by atoms with Gasteiger partial charge in [-0.3, -0.25) is 4.79 Å². The van der Waals surface area contributed by atoms with Gasteiger partial charge < -0.3 is 4.90 Å². The first-order valence-electron chi connectivity index (χ1n) is 10.1. The molecule has 0 heterocycles. The van der Waals surface area contributed by atoms with Crippen molar-refractivity contribution in [3.63, 3.8) is 0 Å². The number of benzene rings is 3. The second-order valence-electron chi connectivity index (χ2n) is 7.42. The molecule has 0 bridgehead atoms. The van der Waals surface area contributed by atoms with E-state index in [4.69, 9.17) is 0 Å². The molecule has 0 unspecified atom stereocenters. The third kappa shape index (κ3) is 6.29. The van der Waals surface area contributed by atoms with Gasteiger partial charge in [0.05, 0.1) is 10.6 Å². The highest BCUT2D eigenvalue weighted by Gasteiger charge is 2.20. The van der Waals surface area contributed by atoms with Gasteiger partial charge in [0.2, 0.25) is 5.91 Å². The summed E-state index contributed by atoms with van der Waals surface area (Å²) in [6.45, 7) is 2.92. The molecule has 3 aromatic rings. The molecular weight excluding hydrogens is 394 g/mol. The van der Waals surface area contributed by atoms with Crippen LogP contribution in [-0.4, -0.2) is 31.5 Å². The summed E-state index contributed by atoms with van der Waals surface area (Å²) in [5, 5.41) is 0. The van der Waals surface area contributed by atoms with E-state index in [1.54, 1.807) is 29.2 Å². The maximum absolute atomic E-state index is 13.0. The molecule has 5 heteroatoms. The van der Waals surface area contributed by atoms with Crippen molar-refractivity contribution in [2.45, 2.75) is 31.2 Å². The molecule has 0 fully saturated rings. The van der Waals surface area contributed by atoms with Gasteiger partial charge in [0.15, 0.2) is 9.84 Å². The predicted molar refractivity (Wildman–Crippen MR) is 120 cm³/mol. The van der Waals surface area contributed by atoms with Crippen molar-refractivity contribution < 1.29 is 13.2 Å². The van der Waals surface area contributed by atoms with E-state index in [1.165, 1.54) is 0 Å². The zero-order valence-electron chi connectivity index (χ0n) is 17.2. The topological polar surface area (TPSA) is 54.5 Å². The maximum Gasteiger partial charge on any atom is 0.223 e. The minimum atomic E-state index is -3.49. The molecule has 3 aromatic carbocycles. The lowest BCUT2D eigenvalue weighted by molar-refractivity contribution is -0.131. The van der Waals surface area contributed by atoms with Crippen molar-refractivity contribution in [2.75, 3.05) is 12.3 Å². The molecule has 0 atom stereocenters. The summed E-state index contributed by atoms with van der Waals surface area (Å²) in [7, 11) is -3.49. The van der Waals surface area contributed by atoms with Crippen LogP contribution in [0, 0.1) is 6.92 Å². The van der Waals surface area contributed by atoms with Gasteiger partial charge in [-0.1, -0.05) is 78.4 Å². The molecule has 3 rings (SSSR count). The van der Waals surface area contributed by atoms with Crippen LogP contribution in [0.2, 0.25) is 0 Å². The molecule has 0 aliphatic heterocycles. The van der Waals surface area contributed by atoms with Crippen LogP contribution in [0.4, 0.5) is 0 Å². The van der Waals surface area contributed by atoms with E-state index in [9.17, 15) is 13.2 Å². The van der Waals surface area contributed by atoms with Crippen LogP contribution in [0.5, 0.6) is 0 Å². The Morgan fingerprint density at radius 3 is 1.97 bits per heavy atom. The summed E-state index contributed by atoms with van der Waals surface area (Å²) >= 11 is 0. The quantitative estimate of drug-likeness (QED) is 0.514. The van der Waals surface area contributed by atoms with Crippen LogP contribution >= 0.6 is 0 Å². The van der Waals surface area contributed by atoms with E-state index in [0.717, 1.165) is 23.1 Å². The largest absolute Gasteiger partial charge is 0.338 e. The number of sulfone groups is 1. The first-order chi connectivity index (χ1) is 14.4. The van der Waals surface area contributed by atoms with E-state index in [1.807, 2.05) is 67.6 Å². The summed E-state index contributed by atoms with van der Waals surface area (Å²) < 4.78 is 25.3. The minimum Gasteiger partial charge on any atom is -0.338 e. The van der Waals surface area contributed by atoms with E-state index < -0.39 is 9.84 Å². The fourth-order valence-electron chi connectivity index (χ4n) is 3.25. The van der Waals surface area contributed by atoms with Crippen molar-refractivity contribution in [3.8, 4) is 0 Å². The second kappa shape index (κ2) is 10.2. The lowest BCUT2D eigenvalue weighted by Crippen LogP contribution is -2.33. The lowest BCUT2D eigenvalue weighted by atomic mass is 10.1. The average molecular weight is 422 g/mol. The molecule has 0 saturated heterocycles.